The fraction of sp³-hybridized carbons (Fsp3) is 0.154. The summed E-state index contributed by atoms with van der Waals surface area (Å²) in [4.78, 5) is 29.3. The van der Waals surface area contributed by atoms with E-state index in [-0.39, 0.29) is 6.42 Å². The fourth-order valence-electron chi connectivity index (χ4n) is 1.75. The van der Waals surface area contributed by atoms with Gasteiger partial charge in [-0.2, -0.15) is 0 Å². The highest BCUT2D eigenvalue weighted by molar-refractivity contribution is 5.96. The second kappa shape index (κ2) is 6.29. The topological polar surface area (TPSA) is 95.1 Å². The third-order valence-electron chi connectivity index (χ3n) is 2.86. The van der Waals surface area contributed by atoms with Crippen molar-refractivity contribution < 1.29 is 27.9 Å². The summed E-state index contributed by atoms with van der Waals surface area (Å²) in [5, 5.41) is 11.1. The smallest absolute Gasteiger partial charge is 0.326 e. The Hall–Kier alpha value is -2.84. The van der Waals surface area contributed by atoms with E-state index in [1.165, 1.54) is 12.5 Å². The van der Waals surface area contributed by atoms with Crippen LogP contribution < -0.4 is 5.32 Å². The van der Waals surface area contributed by atoms with Gasteiger partial charge < -0.3 is 15.4 Å². The number of carboxylic acid groups (broad SMARTS) is 1. The summed E-state index contributed by atoms with van der Waals surface area (Å²) in [5.74, 6) is -7.45. The normalized spacial score (nSPS) is 12.0. The minimum absolute atomic E-state index is 0.133. The van der Waals surface area contributed by atoms with Crippen molar-refractivity contribution in [3.8, 4) is 0 Å². The first kappa shape index (κ1) is 15.5. The van der Waals surface area contributed by atoms with Crippen LogP contribution in [0.3, 0.4) is 0 Å². The molecular formula is C13H10F3N3O3. The Bertz CT molecular complexity index is 704. The number of nitrogens with zero attached hydrogens (tertiary/aromatic N) is 1. The second-order valence-corrected chi connectivity index (χ2v) is 4.37. The van der Waals surface area contributed by atoms with Crippen molar-refractivity contribution in [2.45, 2.75) is 12.5 Å². The summed E-state index contributed by atoms with van der Waals surface area (Å²) in [7, 11) is 0. The number of carbonyl (C=O) groups is 2. The van der Waals surface area contributed by atoms with Crippen molar-refractivity contribution in [2.24, 2.45) is 0 Å². The van der Waals surface area contributed by atoms with Gasteiger partial charge in [0, 0.05) is 18.3 Å². The van der Waals surface area contributed by atoms with Gasteiger partial charge in [0.15, 0.2) is 17.5 Å². The van der Waals surface area contributed by atoms with Crippen molar-refractivity contribution in [1.29, 1.82) is 0 Å². The van der Waals surface area contributed by atoms with E-state index in [2.05, 4.69) is 9.97 Å². The molecule has 116 valence electrons. The molecule has 9 heteroatoms. The van der Waals surface area contributed by atoms with E-state index in [1.807, 2.05) is 5.32 Å². The number of hydrogen-bond donors (Lipinski definition) is 3. The maximum atomic E-state index is 13.5. The lowest BCUT2D eigenvalue weighted by Gasteiger charge is -2.14. The molecule has 0 spiro atoms. The quantitative estimate of drug-likeness (QED) is 0.724. The predicted molar refractivity (Wildman–Crippen MR) is 67.5 cm³/mol. The molecule has 1 aromatic heterocycles. The Morgan fingerprint density at radius 2 is 2.00 bits per heavy atom. The average Bonchev–Trinajstić information content (AvgIpc) is 2.97. The molecule has 1 unspecified atom stereocenters. The number of aromatic amines is 1. The first-order chi connectivity index (χ1) is 10.4. The van der Waals surface area contributed by atoms with Crippen LogP contribution in [-0.2, 0) is 11.2 Å². The van der Waals surface area contributed by atoms with Crippen LogP contribution in [0.1, 0.15) is 16.1 Å². The summed E-state index contributed by atoms with van der Waals surface area (Å²) >= 11 is 0. The molecule has 0 aliphatic rings. The zero-order valence-corrected chi connectivity index (χ0v) is 10.9. The van der Waals surface area contributed by atoms with Gasteiger partial charge in [0.2, 0.25) is 0 Å². The van der Waals surface area contributed by atoms with Crippen LogP contribution in [0.25, 0.3) is 0 Å². The van der Waals surface area contributed by atoms with Crippen LogP contribution in [0, 0.1) is 17.5 Å². The largest absolute Gasteiger partial charge is 0.480 e. The first-order valence-electron chi connectivity index (χ1n) is 6.04. The third kappa shape index (κ3) is 3.25. The van der Waals surface area contributed by atoms with Gasteiger partial charge in [-0.05, 0) is 12.1 Å². The maximum absolute atomic E-state index is 13.5. The second-order valence-electron chi connectivity index (χ2n) is 4.37. The molecular weight excluding hydrogens is 303 g/mol. The van der Waals surface area contributed by atoms with Crippen LogP contribution in [0.4, 0.5) is 13.2 Å². The van der Waals surface area contributed by atoms with Crippen LogP contribution >= 0.6 is 0 Å². The van der Waals surface area contributed by atoms with E-state index in [0.717, 1.165) is 6.07 Å². The minimum Gasteiger partial charge on any atom is -0.480 e. The summed E-state index contributed by atoms with van der Waals surface area (Å²) in [6, 6.07) is -0.0728. The SMILES string of the molecule is O=C(NC(Cc1cnc[nH]1)C(=O)O)c1ccc(F)c(F)c1F. The summed E-state index contributed by atoms with van der Waals surface area (Å²) in [6.07, 6.45) is 2.55. The number of hydrogen-bond acceptors (Lipinski definition) is 3. The van der Waals surface area contributed by atoms with E-state index in [0.29, 0.717) is 11.8 Å². The zero-order valence-electron chi connectivity index (χ0n) is 10.9. The van der Waals surface area contributed by atoms with Gasteiger partial charge in [0.25, 0.3) is 5.91 Å². The first-order valence-corrected chi connectivity index (χ1v) is 6.04. The van der Waals surface area contributed by atoms with Gasteiger partial charge >= 0.3 is 5.97 Å². The van der Waals surface area contributed by atoms with Crippen LogP contribution in [0.2, 0.25) is 0 Å². The number of benzene rings is 1. The molecule has 0 fully saturated rings. The Kier molecular flexibility index (Phi) is 4.44. The molecule has 1 heterocycles. The summed E-state index contributed by atoms with van der Waals surface area (Å²) in [5.41, 5.74) is -0.354. The van der Waals surface area contributed by atoms with Gasteiger partial charge in [-0.3, -0.25) is 4.79 Å². The van der Waals surface area contributed by atoms with E-state index < -0.39 is 40.9 Å². The predicted octanol–water partition coefficient (Wildman–Crippen LogP) is 1.25. The highest BCUT2D eigenvalue weighted by Gasteiger charge is 2.25. The molecule has 1 atom stereocenters. The summed E-state index contributed by atoms with van der Waals surface area (Å²) in [6.45, 7) is 0. The molecule has 0 aliphatic heterocycles. The Balaban J connectivity index is 2.18. The Morgan fingerprint density at radius 3 is 2.59 bits per heavy atom. The number of amides is 1. The number of aliphatic carboxylic acids is 1. The molecule has 1 amide bonds. The molecule has 0 saturated heterocycles. The van der Waals surface area contributed by atoms with Gasteiger partial charge in [-0.1, -0.05) is 0 Å². The molecule has 6 nitrogen and oxygen atoms in total. The highest BCUT2D eigenvalue weighted by atomic mass is 19.2. The van der Waals surface area contributed by atoms with E-state index in [1.54, 1.807) is 0 Å². The number of carbonyl (C=O) groups excluding carboxylic acids is 1. The molecule has 0 saturated carbocycles. The van der Waals surface area contributed by atoms with Gasteiger partial charge in [-0.15, -0.1) is 0 Å². The van der Waals surface area contributed by atoms with Crippen LogP contribution in [0.5, 0.6) is 0 Å². The van der Waals surface area contributed by atoms with Crippen LogP contribution in [0.15, 0.2) is 24.7 Å². The standard InChI is InChI=1S/C13H10F3N3O3/c14-8-2-1-7(10(15)11(8)16)12(20)19-9(13(21)22)3-6-4-17-5-18-6/h1-2,4-5,9H,3H2,(H,17,18)(H,19,20)(H,21,22). The van der Waals surface area contributed by atoms with Crippen molar-refractivity contribution in [2.75, 3.05) is 0 Å². The van der Waals surface area contributed by atoms with E-state index >= 15 is 0 Å². The molecule has 22 heavy (non-hydrogen) atoms. The zero-order chi connectivity index (χ0) is 16.3. The number of aromatic nitrogens is 2. The van der Waals surface area contributed by atoms with Gasteiger partial charge in [0.1, 0.15) is 6.04 Å². The van der Waals surface area contributed by atoms with Gasteiger partial charge in [-0.25, -0.2) is 22.9 Å². The fourth-order valence-corrected chi connectivity index (χ4v) is 1.75. The molecule has 1 aromatic carbocycles. The molecule has 3 N–H and O–H groups in total. The lowest BCUT2D eigenvalue weighted by molar-refractivity contribution is -0.139. The maximum Gasteiger partial charge on any atom is 0.326 e. The van der Waals surface area contributed by atoms with Crippen molar-refractivity contribution in [3.63, 3.8) is 0 Å². The summed E-state index contributed by atoms with van der Waals surface area (Å²) < 4.78 is 39.4. The number of carboxylic acids is 1. The molecule has 0 radical (unpaired) electrons. The lowest BCUT2D eigenvalue weighted by Crippen LogP contribution is -2.42. The number of imidazole rings is 1. The monoisotopic (exact) mass is 313 g/mol. The number of halogens is 3. The van der Waals surface area contributed by atoms with E-state index in [9.17, 15) is 22.8 Å². The molecule has 2 rings (SSSR count). The van der Waals surface area contributed by atoms with E-state index in [4.69, 9.17) is 5.11 Å². The number of H-pyrrole nitrogens is 1. The van der Waals surface area contributed by atoms with Gasteiger partial charge in [0.05, 0.1) is 11.9 Å². The lowest BCUT2D eigenvalue weighted by atomic mass is 10.1. The van der Waals surface area contributed by atoms with Crippen molar-refractivity contribution in [3.05, 3.63) is 53.4 Å². The molecule has 0 aliphatic carbocycles. The molecule has 0 bridgehead atoms. The van der Waals surface area contributed by atoms with Crippen LogP contribution in [-0.4, -0.2) is 33.0 Å². The molecule has 2 aromatic rings. The Morgan fingerprint density at radius 1 is 1.27 bits per heavy atom. The van der Waals surface area contributed by atoms with Crippen molar-refractivity contribution >= 4 is 11.9 Å². The number of rotatable bonds is 5. The minimum atomic E-state index is -1.80. The van der Waals surface area contributed by atoms with Crippen molar-refractivity contribution in [1.82, 2.24) is 15.3 Å². The number of nitrogens with one attached hydrogen (secondary N) is 2. The Labute approximate surface area is 122 Å². The highest BCUT2D eigenvalue weighted by Crippen LogP contribution is 2.15. The third-order valence-corrected chi connectivity index (χ3v) is 2.86. The average molecular weight is 313 g/mol.